The molecule has 0 fully saturated rings. The maximum atomic E-state index is 12.7. The first-order valence-corrected chi connectivity index (χ1v) is 6.10. The molecule has 0 spiro atoms. The van der Waals surface area contributed by atoms with Crippen molar-refractivity contribution in [3.63, 3.8) is 0 Å². The van der Waals surface area contributed by atoms with E-state index in [4.69, 9.17) is 11.6 Å². The number of halogens is 4. The van der Waals surface area contributed by atoms with Gasteiger partial charge in [-0.2, -0.15) is 13.2 Å². The van der Waals surface area contributed by atoms with Gasteiger partial charge in [0.15, 0.2) is 0 Å². The second kappa shape index (κ2) is 5.49. The van der Waals surface area contributed by atoms with E-state index < -0.39 is 11.7 Å². The highest BCUT2D eigenvalue weighted by molar-refractivity contribution is 6.30. The number of benzene rings is 1. The average Bonchev–Trinajstić information content (AvgIpc) is 2.24. The minimum absolute atomic E-state index is 0.115. The molecule has 0 aromatic heterocycles. The van der Waals surface area contributed by atoms with Gasteiger partial charge in [0.1, 0.15) is 0 Å². The Hall–Kier alpha value is -0.740. The predicted octanol–water partition coefficient (Wildman–Crippen LogP) is 4.76. The summed E-state index contributed by atoms with van der Waals surface area (Å²) in [7, 11) is 1.88. The first-order valence-electron chi connectivity index (χ1n) is 5.72. The van der Waals surface area contributed by atoms with Crippen molar-refractivity contribution in [3.8, 4) is 0 Å². The summed E-state index contributed by atoms with van der Waals surface area (Å²) in [5.41, 5.74) is -0.125. The summed E-state index contributed by atoms with van der Waals surface area (Å²) in [6.45, 7) is 5.85. The van der Waals surface area contributed by atoms with Gasteiger partial charge in [0, 0.05) is 17.1 Å². The van der Waals surface area contributed by atoms with Crippen LogP contribution in [0, 0.1) is 0 Å². The average molecular weight is 280 g/mol. The van der Waals surface area contributed by atoms with Crippen LogP contribution >= 0.6 is 11.6 Å². The molecular weight excluding hydrogens is 263 g/mol. The number of nitrogens with zero attached hydrogens (tertiary/aromatic N) is 1. The van der Waals surface area contributed by atoms with Crippen LogP contribution in [0.4, 0.5) is 13.2 Å². The molecule has 5 heteroatoms. The predicted molar refractivity (Wildman–Crippen MR) is 67.8 cm³/mol. The quantitative estimate of drug-likeness (QED) is 0.771. The Morgan fingerprint density at radius 1 is 1.11 bits per heavy atom. The fourth-order valence-corrected chi connectivity index (χ4v) is 1.94. The zero-order valence-corrected chi connectivity index (χ0v) is 11.6. The van der Waals surface area contributed by atoms with Crippen molar-refractivity contribution >= 4 is 11.6 Å². The molecule has 1 unspecified atom stereocenters. The smallest absolute Gasteiger partial charge is 0.297 e. The van der Waals surface area contributed by atoms with E-state index in [-0.39, 0.29) is 17.1 Å². The van der Waals surface area contributed by atoms with Crippen molar-refractivity contribution in [3.05, 3.63) is 34.3 Å². The molecule has 0 amide bonds. The fourth-order valence-electron chi connectivity index (χ4n) is 1.70. The van der Waals surface area contributed by atoms with Gasteiger partial charge >= 0.3 is 6.18 Å². The highest BCUT2D eigenvalue weighted by atomic mass is 35.5. The molecule has 0 aliphatic rings. The highest BCUT2D eigenvalue weighted by Gasteiger charge is 2.31. The van der Waals surface area contributed by atoms with Crippen LogP contribution in [-0.4, -0.2) is 18.0 Å². The Kier molecular flexibility index (Phi) is 4.67. The van der Waals surface area contributed by atoms with Crippen molar-refractivity contribution in [2.45, 2.75) is 39.0 Å². The highest BCUT2D eigenvalue weighted by Crippen LogP contribution is 2.34. The number of hydrogen-bond acceptors (Lipinski definition) is 1. The van der Waals surface area contributed by atoms with E-state index in [1.54, 1.807) is 6.07 Å². The van der Waals surface area contributed by atoms with Gasteiger partial charge in [-0.05, 0) is 51.6 Å². The summed E-state index contributed by atoms with van der Waals surface area (Å²) in [6, 6.07) is 3.82. The van der Waals surface area contributed by atoms with Gasteiger partial charge in [0.05, 0.1) is 5.56 Å². The van der Waals surface area contributed by atoms with E-state index in [0.717, 1.165) is 12.1 Å². The molecule has 0 radical (unpaired) electrons. The van der Waals surface area contributed by atoms with Crippen molar-refractivity contribution in [2.75, 3.05) is 7.05 Å². The number of alkyl halides is 3. The molecule has 0 saturated carbocycles. The summed E-state index contributed by atoms with van der Waals surface area (Å²) in [5.74, 6) is 0. The van der Waals surface area contributed by atoms with E-state index in [0.29, 0.717) is 5.56 Å². The molecule has 1 rings (SSSR count). The third-order valence-corrected chi connectivity index (χ3v) is 3.37. The van der Waals surface area contributed by atoms with Crippen LogP contribution in [0.3, 0.4) is 0 Å². The minimum Gasteiger partial charge on any atom is -0.297 e. The summed E-state index contributed by atoms with van der Waals surface area (Å²) >= 11 is 5.77. The third-order valence-electron chi connectivity index (χ3n) is 3.16. The lowest BCUT2D eigenvalue weighted by Gasteiger charge is -2.29. The van der Waals surface area contributed by atoms with Gasteiger partial charge in [0.2, 0.25) is 0 Å². The van der Waals surface area contributed by atoms with E-state index in [1.165, 1.54) is 0 Å². The minimum atomic E-state index is -4.37. The van der Waals surface area contributed by atoms with E-state index in [9.17, 15) is 13.2 Å². The second-order valence-corrected chi connectivity index (χ2v) is 5.14. The monoisotopic (exact) mass is 279 g/mol. The van der Waals surface area contributed by atoms with Crippen molar-refractivity contribution < 1.29 is 13.2 Å². The van der Waals surface area contributed by atoms with Gasteiger partial charge in [-0.15, -0.1) is 0 Å². The summed E-state index contributed by atoms with van der Waals surface area (Å²) < 4.78 is 38.1. The van der Waals surface area contributed by atoms with E-state index in [2.05, 4.69) is 0 Å². The van der Waals surface area contributed by atoms with Crippen LogP contribution in [0.25, 0.3) is 0 Å². The Bertz CT molecular complexity index is 415. The van der Waals surface area contributed by atoms with Crippen molar-refractivity contribution in [1.82, 2.24) is 4.90 Å². The molecule has 102 valence electrons. The zero-order chi connectivity index (χ0) is 14.1. The van der Waals surface area contributed by atoms with Gasteiger partial charge in [-0.3, -0.25) is 4.90 Å². The van der Waals surface area contributed by atoms with Crippen LogP contribution in [0.2, 0.25) is 5.02 Å². The third kappa shape index (κ3) is 3.62. The lowest BCUT2D eigenvalue weighted by molar-refractivity contribution is -0.137. The SMILES string of the molecule is CC(C)N(C)C(C)c1cc(Cl)cc(C(F)(F)F)c1. The number of hydrogen-bond donors (Lipinski definition) is 0. The molecule has 1 atom stereocenters. The maximum absolute atomic E-state index is 12.7. The van der Waals surface area contributed by atoms with E-state index in [1.807, 2.05) is 32.7 Å². The first kappa shape index (κ1) is 15.3. The standard InChI is InChI=1S/C13H17ClF3N/c1-8(2)18(4)9(3)10-5-11(13(15,16)17)7-12(14)6-10/h5-9H,1-4H3. The molecule has 18 heavy (non-hydrogen) atoms. The molecule has 1 aromatic rings. The lowest BCUT2D eigenvalue weighted by atomic mass is 10.0. The van der Waals surface area contributed by atoms with Crippen LogP contribution in [-0.2, 0) is 6.18 Å². The topological polar surface area (TPSA) is 3.24 Å². The number of rotatable bonds is 3. The molecule has 0 N–H and O–H groups in total. The fraction of sp³-hybridized carbons (Fsp3) is 0.538. The van der Waals surface area contributed by atoms with Gasteiger partial charge in [-0.25, -0.2) is 0 Å². The van der Waals surface area contributed by atoms with E-state index >= 15 is 0 Å². The first-order chi connectivity index (χ1) is 8.12. The lowest BCUT2D eigenvalue weighted by Crippen LogP contribution is -2.29. The Balaban J connectivity index is 3.14. The molecule has 1 aromatic carbocycles. The van der Waals surface area contributed by atoms with Crippen molar-refractivity contribution in [2.24, 2.45) is 0 Å². The largest absolute Gasteiger partial charge is 0.416 e. The zero-order valence-electron chi connectivity index (χ0n) is 10.8. The normalized spacial score (nSPS) is 14.3. The molecule has 0 aliphatic carbocycles. The maximum Gasteiger partial charge on any atom is 0.416 e. The van der Waals surface area contributed by atoms with Crippen LogP contribution in [0.15, 0.2) is 18.2 Å². The van der Waals surface area contributed by atoms with Gasteiger partial charge in [-0.1, -0.05) is 11.6 Å². The molecule has 0 heterocycles. The molecular formula is C13H17ClF3N. The van der Waals surface area contributed by atoms with Crippen molar-refractivity contribution in [1.29, 1.82) is 0 Å². The Morgan fingerprint density at radius 3 is 2.11 bits per heavy atom. The summed E-state index contributed by atoms with van der Waals surface area (Å²) in [6.07, 6.45) is -4.37. The molecule has 1 nitrogen and oxygen atoms in total. The summed E-state index contributed by atoms with van der Waals surface area (Å²) in [5, 5.41) is 0.115. The van der Waals surface area contributed by atoms with Crippen LogP contribution < -0.4 is 0 Å². The van der Waals surface area contributed by atoms with Gasteiger partial charge in [0.25, 0.3) is 0 Å². The Morgan fingerprint density at radius 2 is 1.67 bits per heavy atom. The molecule has 0 aliphatic heterocycles. The molecule has 0 bridgehead atoms. The van der Waals surface area contributed by atoms with Gasteiger partial charge < -0.3 is 0 Å². The van der Waals surface area contributed by atoms with Crippen LogP contribution in [0.5, 0.6) is 0 Å². The molecule has 0 saturated heterocycles. The second-order valence-electron chi connectivity index (χ2n) is 4.71. The van der Waals surface area contributed by atoms with Crippen LogP contribution in [0.1, 0.15) is 37.9 Å². The summed E-state index contributed by atoms with van der Waals surface area (Å²) in [4.78, 5) is 1.99. The Labute approximate surface area is 111 Å².